The summed E-state index contributed by atoms with van der Waals surface area (Å²) in [7, 11) is 2.31. The first-order valence-corrected chi connectivity index (χ1v) is 10.9. The zero-order valence-electron chi connectivity index (χ0n) is 14.3. The molecule has 132 valence electrons. The lowest BCUT2D eigenvalue weighted by Gasteiger charge is -2.62. The fourth-order valence-electron chi connectivity index (χ4n) is 5.47. The minimum atomic E-state index is -0.194. The van der Waals surface area contributed by atoms with Crippen molar-refractivity contribution in [2.75, 3.05) is 11.9 Å². The number of quaternary nitrogens is 1. The van der Waals surface area contributed by atoms with Crippen LogP contribution in [0.4, 0.5) is 10.5 Å². The van der Waals surface area contributed by atoms with E-state index in [0.717, 1.165) is 30.1 Å². The summed E-state index contributed by atoms with van der Waals surface area (Å²) >= 11 is 3.27. The molecule has 3 fully saturated rings. The van der Waals surface area contributed by atoms with Crippen molar-refractivity contribution in [2.45, 2.75) is 50.4 Å². The first-order chi connectivity index (χ1) is 12.2. The molecule has 2 saturated carbocycles. The van der Waals surface area contributed by atoms with Crippen molar-refractivity contribution >= 4 is 34.5 Å². The van der Waals surface area contributed by atoms with E-state index in [1.165, 1.54) is 12.8 Å². The predicted octanol–water partition coefficient (Wildman–Crippen LogP) is 3.16. The zero-order chi connectivity index (χ0) is 17.0. The van der Waals surface area contributed by atoms with Crippen LogP contribution in [0.3, 0.4) is 0 Å². The molecule has 0 aromatic carbocycles. The van der Waals surface area contributed by atoms with Gasteiger partial charge in [0.25, 0.3) is 0 Å². The van der Waals surface area contributed by atoms with Crippen LogP contribution in [0, 0.1) is 5.41 Å². The minimum Gasteiger partial charge on any atom is -0.446 e. The molecule has 5 unspecified atom stereocenters. The van der Waals surface area contributed by atoms with Crippen LogP contribution in [-0.4, -0.2) is 31.3 Å². The number of carbonyl (C=O) groups is 1. The Kier molecular flexibility index (Phi) is 3.69. The average Bonchev–Trinajstić information content (AvgIpc) is 3.32. The number of thiophene rings is 2. The van der Waals surface area contributed by atoms with Crippen LogP contribution in [-0.2, 0) is 11.3 Å². The molecule has 2 aliphatic carbocycles. The number of ether oxygens (including phenoxy) is 1. The average molecular weight is 376 g/mol. The number of amides is 1. The van der Waals surface area contributed by atoms with E-state index in [0.29, 0.717) is 18.0 Å². The molecular formula is C19H23N2O2S2+. The van der Waals surface area contributed by atoms with Gasteiger partial charge in [-0.2, -0.15) is 22.7 Å². The molecule has 6 heteroatoms. The van der Waals surface area contributed by atoms with Crippen LogP contribution in [0.1, 0.15) is 31.2 Å². The number of nitrogens with zero attached hydrogens (tertiary/aromatic N) is 1. The maximum absolute atomic E-state index is 12.9. The lowest BCUT2D eigenvalue weighted by molar-refractivity contribution is -1.01. The van der Waals surface area contributed by atoms with Gasteiger partial charge in [0.1, 0.15) is 12.1 Å². The molecule has 1 N–H and O–H groups in total. The van der Waals surface area contributed by atoms with E-state index in [4.69, 9.17) is 4.74 Å². The molecule has 1 aliphatic heterocycles. The summed E-state index contributed by atoms with van der Waals surface area (Å²) in [6, 6.07) is 5.59. The Labute approximate surface area is 156 Å². The maximum Gasteiger partial charge on any atom is 0.414 e. The molecule has 2 aromatic rings. The number of likely N-dealkylation sites (tertiary alicyclic amines) is 1. The second-order valence-corrected chi connectivity index (χ2v) is 9.33. The van der Waals surface area contributed by atoms with E-state index < -0.39 is 0 Å². The van der Waals surface area contributed by atoms with Gasteiger partial charge in [0.2, 0.25) is 0 Å². The van der Waals surface area contributed by atoms with E-state index in [9.17, 15) is 4.79 Å². The van der Waals surface area contributed by atoms with E-state index in [2.05, 4.69) is 23.9 Å². The van der Waals surface area contributed by atoms with E-state index in [-0.39, 0.29) is 12.2 Å². The lowest BCUT2D eigenvalue weighted by atomic mass is 9.54. The standard InChI is InChI=1S/C19H22N2O2S2/c1-20-16-2-5-19(16)9-15(8-17(19)20)23-18(22)21(14-4-7-25-12-14)10-13-3-6-24-11-13/h3-4,6-7,11-12,15-17H,2,5,8-10H2,1H3/p+1. The molecule has 5 rings (SSSR count). The Hall–Kier alpha value is -1.37. The molecule has 0 radical (unpaired) electrons. The number of anilines is 1. The van der Waals surface area contributed by atoms with Gasteiger partial charge in [-0.3, -0.25) is 4.90 Å². The number of carbonyl (C=O) groups excluding carboxylic acids is 1. The Bertz CT molecular complexity index is 761. The minimum absolute atomic E-state index is 0.0846. The van der Waals surface area contributed by atoms with Crippen molar-refractivity contribution in [3.63, 3.8) is 0 Å². The third kappa shape index (κ3) is 2.38. The second kappa shape index (κ2) is 5.83. The van der Waals surface area contributed by atoms with Gasteiger partial charge < -0.3 is 9.64 Å². The summed E-state index contributed by atoms with van der Waals surface area (Å²) in [6.07, 6.45) is 4.67. The maximum atomic E-state index is 12.9. The fourth-order valence-corrected chi connectivity index (χ4v) is 6.77. The van der Waals surface area contributed by atoms with E-state index in [1.54, 1.807) is 32.5 Å². The smallest absolute Gasteiger partial charge is 0.414 e. The first kappa shape index (κ1) is 15.9. The normalized spacial score (nSPS) is 35.2. The molecule has 2 aromatic heterocycles. The van der Waals surface area contributed by atoms with Gasteiger partial charge in [-0.15, -0.1) is 0 Å². The van der Waals surface area contributed by atoms with E-state index in [1.807, 2.05) is 16.8 Å². The molecule has 3 aliphatic rings. The van der Waals surface area contributed by atoms with Gasteiger partial charge >= 0.3 is 6.09 Å². The van der Waals surface area contributed by atoms with Gasteiger partial charge in [-0.05, 0) is 40.3 Å². The van der Waals surface area contributed by atoms with Crippen molar-refractivity contribution < 1.29 is 14.4 Å². The highest BCUT2D eigenvalue weighted by molar-refractivity contribution is 7.08. The Morgan fingerprint density at radius 2 is 2.16 bits per heavy atom. The summed E-state index contributed by atoms with van der Waals surface area (Å²) in [5.74, 6) is 0. The molecule has 5 atom stereocenters. The summed E-state index contributed by atoms with van der Waals surface area (Å²) in [5, 5.41) is 8.17. The SMILES string of the molecule is C[NH+]1C2CCC23CC(OC(=O)N(Cc2ccsc2)c2ccsc2)CC13. The van der Waals surface area contributed by atoms with Gasteiger partial charge in [-0.1, -0.05) is 0 Å². The zero-order valence-corrected chi connectivity index (χ0v) is 15.9. The predicted molar refractivity (Wildman–Crippen MR) is 100 cm³/mol. The second-order valence-electron chi connectivity index (χ2n) is 7.77. The van der Waals surface area contributed by atoms with Crippen LogP contribution >= 0.6 is 22.7 Å². The molecule has 1 amide bonds. The Morgan fingerprint density at radius 3 is 2.80 bits per heavy atom. The molecular weight excluding hydrogens is 352 g/mol. The van der Waals surface area contributed by atoms with Crippen LogP contribution in [0.5, 0.6) is 0 Å². The van der Waals surface area contributed by atoms with Gasteiger partial charge in [0.05, 0.1) is 30.7 Å². The van der Waals surface area contributed by atoms with E-state index >= 15 is 0 Å². The molecule has 3 heterocycles. The number of hydrogen-bond donors (Lipinski definition) is 1. The van der Waals surface area contributed by atoms with Crippen molar-refractivity contribution in [2.24, 2.45) is 5.41 Å². The number of hydrogen-bond acceptors (Lipinski definition) is 4. The molecule has 1 spiro atoms. The van der Waals surface area contributed by atoms with Crippen LogP contribution in [0.2, 0.25) is 0 Å². The highest BCUT2D eigenvalue weighted by atomic mass is 32.1. The summed E-state index contributed by atoms with van der Waals surface area (Å²) in [4.78, 5) is 16.4. The first-order valence-electron chi connectivity index (χ1n) is 9.02. The Morgan fingerprint density at radius 1 is 1.32 bits per heavy atom. The van der Waals surface area contributed by atoms with Gasteiger partial charge in [0.15, 0.2) is 0 Å². The number of nitrogens with one attached hydrogen (secondary N) is 1. The highest BCUT2D eigenvalue weighted by Gasteiger charge is 2.73. The van der Waals surface area contributed by atoms with Crippen molar-refractivity contribution in [1.29, 1.82) is 0 Å². The largest absolute Gasteiger partial charge is 0.446 e. The third-order valence-corrected chi connectivity index (χ3v) is 8.12. The third-order valence-electron chi connectivity index (χ3n) is 6.72. The lowest BCUT2D eigenvalue weighted by Crippen LogP contribution is -3.29. The number of rotatable bonds is 4. The number of piperidine rings is 1. The summed E-state index contributed by atoms with van der Waals surface area (Å²) < 4.78 is 6.00. The Balaban J connectivity index is 1.30. The topological polar surface area (TPSA) is 34.0 Å². The molecule has 25 heavy (non-hydrogen) atoms. The highest BCUT2D eigenvalue weighted by Crippen LogP contribution is 2.57. The summed E-state index contributed by atoms with van der Waals surface area (Å²) in [6.45, 7) is 0.578. The van der Waals surface area contributed by atoms with Crippen molar-refractivity contribution in [3.05, 3.63) is 39.2 Å². The van der Waals surface area contributed by atoms with Crippen LogP contribution in [0.25, 0.3) is 0 Å². The summed E-state index contributed by atoms with van der Waals surface area (Å²) in [5.41, 5.74) is 2.58. The molecule has 0 bridgehead atoms. The van der Waals surface area contributed by atoms with Crippen LogP contribution < -0.4 is 9.80 Å². The molecule has 1 saturated heterocycles. The monoisotopic (exact) mass is 375 g/mol. The van der Waals surface area contributed by atoms with Gasteiger partial charge in [-0.25, -0.2) is 4.79 Å². The van der Waals surface area contributed by atoms with Crippen LogP contribution in [0.15, 0.2) is 33.7 Å². The fraction of sp³-hybridized carbons (Fsp3) is 0.526. The van der Waals surface area contributed by atoms with Crippen molar-refractivity contribution in [3.8, 4) is 0 Å². The van der Waals surface area contributed by atoms with Gasteiger partial charge in [0, 0.05) is 24.6 Å². The van der Waals surface area contributed by atoms with Crippen molar-refractivity contribution in [1.82, 2.24) is 0 Å². The quantitative estimate of drug-likeness (QED) is 0.891. The molecule has 4 nitrogen and oxygen atoms in total.